The van der Waals surface area contributed by atoms with E-state index in [1.807, 2.05) is 0 Å². The highest BCUT2D eigenvalue weighted by atomic mass is 15.1. The highest BCUT2D eigenvalue weighted by molar-refractivity contribution is 5.45. The minimum atomic E-state index is 0.614. The first-order valence-electron chi connectivity index (χ1n) is 6.54. The Hall–Kier alpha value is -1.02. The Balaban J connectivity index is 2.52. The van der Waals surface area contributed by atoms with Gasteiger partial charge in [0, 0.05) is 32.4 Å². The van der Waals surface area contributed by atoms with Gasteiger partial charge >= 0.3 is 0 Å². The van der Waals surface area contributed by atoms with Gasteiger partial charge in [0.15, 0.2) is 0 Å². The van der Waals surface area contributed by atoms with E-state index in [9.17, 15) is 0 Å². The monoisotopic (exact) mass is 234 g/mol. The van der Waals surface area contributed by atoms with Crippen molar-refractivity contribution in [3.63, 3.8) is 0 Å². The summed E-state index contributed by atoms with van der Waals surface area (Å²) in [5.74, 6) is 0.695. The van der Waals surface area contributed by atoms with Gasteiger partial charge in [0.25, 0.3) is 0 Å². The van der Waals surface area contributed by atoms with Gasteiger partial charge in [-0.15, -0.1) is 0 Å². The third kappa shape index (κ3) is 4.39. The van der Waals surface area contributed by atoms with Crippen LogP contribution in [0.3, 0.4) is 0 Å². The molecule has 1 N–H and O–H groups in total. The lowest BCUT2D eigenvalue weighted by Gasteiger charge is -2.21. The van der Waals surface area contributed by atoms with E-state index in [1.54, 1.807) is 0 Å². The van der Waals surface area contributed by atoms with E-state index in [1.165, 1.54) is 17.7 Å². The first-order chi connectivity index (χ1) is 8.04. The van der Waals surface area contributed by atoms with Crippen LogP contribution >= 0.6 is 0 Å². The first kappa shape index (κ1) is 14.0. The molecule has 0 fully saturated rings. The summed E-state index contributed by atoms with van der Waals surface area (Å²) in [7, 11) is 4.14. The zero-order chi connectivity index (χ0) is 12.8. The van der Waals surface area contributed by atoms with Crippen LogP contribution in [-0.4, -0.2) is 20.1 Å². The molecule has 0 spiro atoms. The lowest BCUT2D eigenvalue weighted by Crippen LogP contribution is -2.32. The smallest absolute Gasteiger partial charge is 0.0361 e. The summed E-state index contributed by atoms with van der Waals surface area (Å²) in [5, 5.41) is 3.62. The Bertz CT molecular complexity index is 314. The summed E-state index contributed by atoms with van der Waals surface area (Å²) in [5.41, 5.74) is 2.61. The van der Waals surface area contributed by atoms with Crippen LogP contribution in [0, 0.1) is 5.92 Å². The van der Waals surface area contributed by atoms with Gasteiger partial charge in [-0.3, -0.25) is 0 Å². The van der Waals surface area contributed by atoms with Gasteiger partial charge in [0.2, 0.25) is 0 Å². The second kappa shape index (κ2) is 6.65. The zero-order valence-electron chi connectivity index (χ0n) is 11.8. The molecule has 0 aromatic heterocycles. The number of nitrogens with one attached hydrogen (secondary N) is 1. The van der Waals surface area contributed by atoms with Gasteiger partial charge in [0.05, 0.1) is 0 Å². The molecule has 0 bridgehead atoms. The number of nitrogens with zero attached hydrogens (tertiary/aromatic N) is 1. The SMILES string of the molecule is CCC(NCc1ccc(N(C)C)cc1)C(C)C. The van der Waals surface area contributed by atoms with E-state index in [0.717, 1.165) is 6.54 Å². The molecular weight excluding hydrogens is 208 g/mol. The summed E-state index contributed by atoms with van der Waals surface area (Å²) in [6.45, 7) is 7.75. The van der Waals surface area contributed by atoms with Gasteiger partial charge < -0.3 is 10.2 Å². The molecule has 1 atom stereocenters. The molecule has 1 aromatic carbocycles. The van der Waals surface area contributed by atoms with Crippen molar-refractivity contribution in [2.45, 2.75) is 39.8 Å². The van der Waals surface area contributed by atoms with E-state index in [-0.39, 0.29) is 0 Å². The van der Waals surface area contributed by atoms with E-state index < -0.39 is 0 Å². The van der Waals surface area contributed by atoms with Gasteiger partial charge in [0.1, 0.15) is 0 Å². The minimum absolute atomic E-state index is 0.614. The van der Waals surface area contributed by atoms with Crippen LogP contribution in [0.5, 0.6) is 0 Å². The number of anilines is 1. The van der Waals surface area contributed by atoms with Crippen molar-refractivity contribution in [3.8, 4) is 0 Å². The quantitative estimate of drug-likeness (QED) is 0.812. The summed E-state index contributed by atoms with van der Waals surface area (Å²) in [6, 6.07) is 9.37. The lowest BCUT2D eigenvalue weighted by atomic mass is 10.0. The highest BCUT2D eigenvalue weighted by Gasteiger charge is 2.09. The molecule has 1 unspecified atom stereocenters. The van der Waals surface area contributed by atoms with Crippen molar-refractivity contribution in [1.82, 2.24) is 5.32 Å². The Kier molecular flexibility index (Phi) is 5.49. The largest absolute Gasteiger partial charge is 0.378 e. The molecule has 0 radical (unpaired) electrons. The molecule has 17 heavy (non-hydrogen) atoms. The van der Waals surface area contributed by atoms with Crippen molar-refractivity contribution >= 4 is 5.69 Å². The van der Waals surface area contributed by atoms with Crippen LogP contribution in [0.4, 0.5) is 5.69 Å². The Morgan fingerprint density at radius 2 is 1.71 bits per heavy atom. The lowest BCUT2D eigenvalue weighted by molar-refractivity contribution is 0.387. The number of benzene rings is 1. The van der Waals surface area contributed by atoms with Crippen LogP contribution in [0.2, 0.25) is 0 Å². The Morgan fingerprint density at radius 3 is 2.12 bits per heavy atom. The standard InChI is InChI=1S/C15H26N2/c1-6-15(12(2)3)16-11-13-7-9-14(10-8-13)17(4)5/h7-10,12,15-16H,6,11H2,1-5H3. The average Bonchev–Trinajstić information content (AvgIpc) is 2.30. The average molecular weight is 234 g/mol. The third-order valence-corrected chi connectivity index (χ3v) is 3.27. The van der Waals surface area contributed by atoms with Crippen molar-refractivity contribution in [2.75, 3.05) is 19.0 Å². The van der Waals surface area contributed by atoms with Crippen LogP contribution in [-0.2, 0) is 6.54 Å². The van der Waals surface area contributed by atoms with Crippen molar-refractivity contribution in [3.05, 3.63) is 29.8 Å². The number of rotatable bonds is 6. The minimum Gasteiger partial charge on any atom is -0.378 e. The predicted octanol–water partition coefficient (Wildman–Crippen LogP) is 3.28. The maximum atomic E-state index is 3.62. The molecule has 2 heteroatoms. The molecule has 0 aliphatic rings. The van der Waals surface area contributed by atoms with Crippen LogP contribution in [0.1, 0.15) is 32.8 Å². The summed E-state index contributed by atoms with van der Waals surface area (Å²) in [4.78, 5) is 2.13. The zero-order valence-corrected chi connectivity index (χ0v) is 11.8. The molecule has 0 heterocycles. The van der Waals surface area contributed by atoms with Gasteiger partial charge in [-0.05, 0) is 30.0 Å². The number of hydrogen-bond acceptors (Lipinski definition) is 2. The summed E-state index contributed by atoms with van der Waals surface area (Å²) in [6.07, 6.45) is 1.19. The Labute approximate surface area is 106 Å². The van der Waals surface area contributed by atoms with Gasteiger partial charge in [-0.1, -0.05) is 32.9 Å². The summed E-state index contributed by atoms with van der Waals surface area (Å²) >= 11 is 0. The van der Waals surface area contributed by atoms with Gasteiger partial charge in [-0.2, -0.15) is 0 Å². The van der Waals surface area contributed by atoms with Gasteiger partial charge in [-0.25, -0.2) is 0 Å². The molecule has 0 aliphatic carbocycles. The fraction of sp³-hybridized carbons (Fsp3) is 0.600. The van der Waals surface area contributed by atoms with Crippen molar-refractivity contribution in [2.24, 2.45) is 5.92 Å². The topological polar surface area (TPSA) is 15.3 Å². The second-order valence-corrected chi connectivity index (χ2v) is 5.20. The summed E-state index contributed by atoms with van der Waals surface area (Å²) < 4.78 is 0. The van der Waals surface area contributed by atoms with E-state index in [2.05, 4.69) is 69.3 Å². The highest BCUT2D eigenvalue weighted by Crippen LogP contribution is 2.13. The Morgan fingerprint density at radius 1 is 1.12 bits per heavy atom. The fourth-order valence-electron chi connectivity index (χ4n) is 2.01. The second-order valence-electron chi connectivity index (χ2n) is 5.20. The number of hydrogen-bond donors (Lipinski definition) is 1. The van der Waals surface area contributed by atoms with E-state index in [0.29, 0.717) is 12.0 Å². The maximum Gasteiger partial charge on any atom is 0.0361 e. The van der Waals surface area contributed by atoms with E-state index in [4.69, 9.17) is 0 Å². The molecular formula is C15H26N2. The molecule has 2 nitrogen and oxygen atoms in total. The van der Waals surface area contributed by atoms with E-state index >= 15 is 0 Å². The first-order valence-corrected chi connectivity index (χ1v) is 6.54. The fourth-order valence-corrected chi connectivity index (χ4v) is 2.01. The van der Waals surface area contributed by atoms with Crippen molar-refractivity contribution < 1.29 is 0 Å². The third-order valence-electron chi connectivity index (χ3n) is 3.27. The van der Waals surface area contributed by atoms with Crippen LogP contribution < -0.4 is 10.2 Å². The van der Waals surface area contributed by atoms with Crippen LogP contribution in [0.25, 0.3) is 0 Å². The molecule has 0 saturated carbocycles. The molecule has 0 saturated heterocycles. The molecule has 0 amide bonds. The normalized spacial score (nSPS) is 12.8. The predicted molar refractivity (Wildman–Crippen MR) is 76.5 cm³/mol. The molecule has 1 aromatic rings. The van der Waals surface area contributed by atoms with Crippen LogP contribution in [0.15, 0.2) is 24.3 Å². The molecule has 0 aliphatic heterocycles. The van der Waals surface area contributed by atoms with Crippen molar-refractivity contribution in [1.29, 1.82) is 0 Å². The molecule has 1 rings (SSSR count). The molecule has 96 valence electrons. The maximum absolute atomic E-state index is 3.62.